The van der Waals surface area contributed by atoms with E-state index in [1.54, 1.807) is 7.05 Å². The Morgan fingerprint density at radius 2 is 2.19 bits per heavy atom. The third kappa shape index (κ3) is 4.94. The lowest BCUT2D eigenvalue weighted by Gasteiger charge is -2.23. The van der Waals surface area contributed by atoms with Crippen LogP contribution in [0.15, 0.2) is 0 Å². The second-order valence-electron chi connectivity index (χ2n) is 4.78. The molecule has 1 rings (SSSR count). The summed E-state index contributed by atoms with van der Waals surface area (Å²) in [4.78, 5) is 13.5. The van der Waals surface area contributed by atoms with Crippen molar-refractivity contribution in [2.75, 3.05) is 26.7 Å². The molecule has 1 saturated carbocycles. The fourth-order valence-corrected chi connectivity index (χ4v) is 2.02. The molecule has 1 fully saturated rings. The number of rotatable bonds is 9. The normalized spacial score (nSPS) is 17.7. The number of hydrogen-bond acceptors (Lipinski definition) is 3. The van der Waals surface area contributed by atoms with E-state index >= 15 is 0 Å². The largest absolute Gasteiger partial charge is 0.368 e. The first-order valence-electron chi connectivity index (χ1n) is 6.36. The molecule has 0 saturated heterocycles. The number of nitrogens with two attached hydrogens (primary N) is 1. The Hall–Kier alpha value is -0.610. The van der Waals surface area contributed by atoms with Gasteiger partial charge in [0.1, 0.15) is 0 Å². The summed E-state index contributed by atoms with van der Waals surface area (Å²) in [5.74, 6) is 0.665. The summed E-state index contributed by atoms with van der Waals surface area (Å²) in [5, 5.41) is 2.97. The molecule has 0 aromatic carbocycles. The van der Waals surface area contributed by atoms with Crippen LogP contribution in [0.1, 0.15) is 32.6 Å². The smallest absolute Gasteiger partial charge is 0.234 e. The average molecular weight is 227 g/mol. The molecular formula is C12H25N3O. The topological polar surface area (TPSA) is 58.4 Å². The van der Waals surface area contributed by atoms with Gasteiger partial charge in [0, 0.05) is 13.1 Å². The van der Waals surface area contributed by atoms with Crippen molar-refractivity contribution in [2.24, 2.45) is 11.7 Å². The molecule has 0 radical (unpaired) electrons. The van der Waals surface area contributed by atoms with Gasteiger partial charge in [0.15, 0.2) is 0 Å². The van der Waals surface area contributed by atoms with Gasteiger partial charge < -0.3 is 16.0 Å². The lowest BCUT2D eigenvalue weighted by Crippen LogP contribution is -2.42. The van der Waals surface area contributed by atoms with Crippen molar-refractivity contribution in [3.8, 4) is 0 Å². The highest BCUT2D eigenvalue weighted by Gasteiger charge is 2.24. The molecule has 0 bridgehead atoms. The molecule has 1 unspecified atom stereocenters. The molecule has 1 amide bonds. The fraction of sp³-hybridized carbons (Fsp3) is 0.917. The Morgan fingerprint density at radius 3 is 2.62 bits per heavy atom. The van der Waals surface area contributed by atoms with Crippen molar-refractivity contribution < 1.29 is 4.79 Å². The number of amides is 1. The quantitative estimate of drug-likeness (QED) is 0.605. The van der Waals surface area contributed by atoms with Crippen LogP contribution in [-0.2, 0) is 4.79 Å². The number of hydrogen-bond donors (Lipinski definition) is 2. The maximum absolute atomic E-state index is 11.1. The summed E-state index contributed by atoms with van der Waals surface area (Å²) >= 11 is 0. The van der Waals surface area contributed by atoms with Crippen LogP contribution in [0, 0.1) is 5.92 Å². The van der Waals surface area contributed by atoms with Crippen LogP contribution in [-0.4, -0.2) is 43.5 Å². The molecule has 0 aliphatic heterocycles. The Bertz CT molecular complexity index is 216. The van der Waals surface area contributed by atoms with Crippen molar-refractivity contribution in [3.63, 3.8) is 0 Å². The SMILES string of the molecule is CCCN(CCC(NC)C(N)=O)CC1CC1. The van der Waals surface area contributed by atoms with E-state index < -0.39 is 0 Å². The highest BCUT2D eigenvalue weighted by Crippen LogP contribution is 2.29. The van der Waals surface area contributed by atoms with Gasteiger partial charge >= 0.3 is 0 Å². The van der Waals surface area contributed by atoms with Gasteiger partial charge in [-0.25, -0.2) is 0 Å². The number of likely N-dealkylation sites (N-methyl/N-ethyl adjacent to an activating group) is 1. The van der Waals surface area contributed by atoms with E-state index in [-0.39, 0.29) is 11.9 Å². The van der Waals surface area contributed by atoms with Gasteiger partial charge in [-0.05, 0) is 45.2 Å². The molecule has 4 heteroatoms. The molecule has 4 nitrogen and oxygen atoms in total. The van der Waals surface area contributed by atoms with Crippen LogP contribution in [0.4, 0.5) is 0 Å². The predicted octanol–water partition coefficient (Wildman–Crippen LogP) is 0.572. The van der Waals surface area contributed by atoms with Gasteiger partial charge in [-0.15, -0.1) is 0 Å². The Morgan fingerprint density at radius 1 is 1.50 bits per heavy atom. The van der Waals surface area contributed by atoms with Gasteiger partial charge in [0.25, 0.3) is 0 Å². The van der Waals surface area contributed by atoms with Crippen molar-refractivity contribution in [3.05, 3.63) is 0 Å². The van der Waals surface area contributed by atoms with Gasteiger partial charge in [-0.1, -0.05) is 6.92 Å². The zero-order chi connectivity index (χ0) is 12.0. The zero-order valence-corrected chi connectivity index (χ0v) is 10.5. The van der Waals surface area contributed by atoms with Gasteiger partial charge in [0.2, 0.25) is 5.91 Å². The number of nitrogens with zero attached hydrogens (tertiary/aromatic N) is 1. The highest BCUT2D eigenvalue weighted by atomic mass is 16.1. The number of nitrogens with one attached hydrogen (secondary N) is 1. The molecule has 1 aliphatic rings. The summed E-state index contributed by atoms with van der Waals surface area (Å²) in [6.45, 7) is 5.50. The van der Waals surface area contributed by atoms with E-state index in [1.165, 1.54) is 25.8 Å². The molecule has 0 spiro atoms. The summed E-state index contributed by atoms with van der Waals surface area (Å²) in [5.41, 5.74) is 5.30. The van der Waals surface area contributed by atoms with Gasteiger partial charge in [-0.2, -0.15) is 0 Å². The van der Waals surface area contributed by atoms with Crippen LogP contribution >= 0.6 is 0 Å². The van der Waals surface area contributed by atoms with E-state index in [1.807, 2.05) is 0 Å². The Labute approximate surface area is 98.6 Å². The molecule has 0 aromatic heterocycles. The van der Waals surface area contributed by atoms with E-state index in [0.717, 1.165) is 25.4 Å². The first-order chi connectivity index (χ1) is 7.67. The second-order valence-corrected chi connectivity index (χ2v) is 4.78. The van der Waals surface area contributed by atoms with Crippen molar-refractivity contribution in [2.45, 2.75) is 38.6 Å². The Balaban J connectivity index is 2.26. The minimum atomic E-state index is -0.245. The van der Waals surface area contributed by atoms with Crippen LogP contribution in [0.5, 0.6) is 0 Å². The van der Waals surface area contributed by atoms with Crippen LogP contribution in [0.2, 0.25) is 0 Å². The van der Waals surface area contributed by atoms with E-state index in [4.69, 9.17) is 5.73 Å². The molecule has 1 atom stereocenters. The number of carbonyl (C=O) groups is 1. The fourth-order valence-electron chi connectivity index (χ4n) is 2.02. The lowest BCUT2D eigenvalue weighted by atomic mass is 10.2. The van der Waals surface area contributed by atoms with Crippen LogP contribution in [0.3, 0.4) is 0 Å². The average Bonchev–Trinajstić information content (AvgIpc) is 3.02. The standard InChI is InChI=1S/C12H25N3O/c1-3-7-15(9-10-4-5-10)8-6-11(14-2)12(13)16/h10-11,14H,3-9H2,1-2H3,(H2,13,16). The van der Waals surface area contributed by atoms with Gasteiger partial charge in [-0.3, -0.25) is 4.79 Å². The van der Waals surface area contributed by atoms with Crippen LogP contribution < -0.4 is 11.1 Å². The molecule has 0 aromatic rings. The molecule has 94 valence electrons. The minimum absolute atomic E-state index is 0.182. The molecule has 0 heterocycles. The summed E-state index contributed by atoms with van der Waals surface area (Å²) in [7, 11) is 1.79. The summed E-state index contributed by atoms with van der Waals surface area (Å²) < 4.78 is 0. The van der Waals surface area contributed by atoms with Crippen LogP contribution in [0.25, 0.3) is 0 Å². The maximum Gasteiger partial charge on any atom is 0.234 e. The summed E-state index contributed by atoms with van der Waals surface area (Å²) in [6.07, 6.45) is 4.75. The van der Waals surface area contributed by atoms with Gasteiger partial charge in [0.05, 0.1) is 6.04 Å². The molecular weight excluding hydrogens is 202 g/mol. The molecule has 3 N–H and O–H groups in total. The highest BCUT2D eigenvalue weighted by molar-refractivity contribution is 5.79. The van der Waals surface area contributed by atoms with Crippen molar-refractivity contribution >= 4 is 5.91 Å². The zero-order valence-electron chi connectivity index (χ0n) is 10.5. The van der Waals surface area contributed by atoms with Crippen molar-refractivity contribution in [1.29, 1.82) is 0 Å². The summed E-state index contributed by atoms with van der Waals surface area (Å²) in [6, 6.07) is -0.182. The van der Waals surface area contributed by atoms with E-state index in [2.05, 4.69) is 17.1 Å². The number of carbonyl (C=O) groups excluding carboxylic acids is 1. The second kappa shape index (κ2) is 6.86. The third-order valence-corrected chi connectivity index (χ3v) is 3.18. The Kier molecular flexibility index (Phi) is 5.77. The van der Waals surface area contributed by atoms with Crippen molar-refractivity contribution in [1.82, 2.24) is 10.2 Å². The lowest BCUT2D eigenvalue weighted by molar-refractivity contribution is -0.120. The first-order valence-corrected chi connectivity index (χ1v) is 6.36. The molecule has 1 aliphatic carbocycles. The van der Waals surface area contributed by atoms with E-state index in [0.29, 0.717) is 0 Å². The number of primary amides is 1. The minimum Gasteiger partial charge on any atom is -0.368 e. The third-order valence-electron chi connectivity index (χ3n) is 3.18. The maximum atomic E-state index is 11.1. The van der Waals surface area contributed by atoms with E-state index in [9.17, 15) is 4.79 Å². The first kappa shape index (κ1) is 13.5. The monoisotopic (exact) mass is 227 g/mol. The predicted molar refractivity (Wildman–Crippen MR) is 66.1 cm³/mol. The molecule has 16 heavy (non-hydrogen) atoms.